The van der Waals surface area contributed by atoms with Crippen molar-refractivity contribution in [3.63, 3.8) is 0 Å². The molecule has 480 valence electrons. The molecular weight excluding hydrogens is 1170 g/mol. The summed E-state index contributed by atoms with van der Waals surface area (Å²) in [7, 11) is 0. The van der Waals surface area contributed by atoms with E-state index in [1.807, 2.05) is 24.3 Å². The monoisotopic (exact) mass is 1250 g/mol. The lowest BCUT2D eigenvalue weighted by Gasteiger charge is -2.31. The molecule has 0 saturated heterocycles. The molecule has 92 heavy (non-hydrogen) atoms. The number of carbonyl (C=O) groups is 4. The minimum atomic E-state index is -0.977. The number of anilines is 4. The molecule has 16 N–H and O–H groups in total. The molecule has 0 aromatic heterocycles. The van der Waals surface area contributed by atoms with Crippen molar-refractivity contribution >= 4 is 46.9 Å². The summed E-state index contributed by atoms with van der Waals surface area (Å²) in [6.07, 6.45) is 1.48. The van der Waals surface area contributed by atoms with Gasteiger partial charge in [-0.2, -0.15) is 0 Å². The number of para-hydroxylation sites is 4. The first kappa shape index (κ1) is 65.7. The number of aromatic hydroxyl groups is 8. The van der Waals surface area contributed by atoms with Crippen LogP contribution in [0.2, 0.25) is 0 Å². The molecule has 9 rings (SSSR count). The van der Waals surface area contributed by atoms with Crippen molar-refractivity contribution in [1.82, 2.24) is 21.3 Å². The highest BCUT2D eigenvalue weighted by atomic mass is 16.3. The number of urea groups is 4. The van der Waals surface area contributed by atoms with E-state index in [0.717, 1.165) is 0 Å². The lowest BCUT2D eigenvalue weighted by molar-refractivity contribution is 0.251. The van der Waals surface area contributed by atoms with E-state index in [1.54, 1.807) is 121 Å². The van der Waals surface area contributed by atoms with Gasteiger partial charge in [0.2, 0.25) is 0 Å². The van der Waals surface area contributed by atoms with Crippen molar-refractivity contribution in [2.45, 2.75) is 103 Å². The molecular formula is C72H80N8O12. The van der Waals surface area contributed by atoms with Gasteiger partial charge in [-0.15, -0.1) is 0 Å². The minimum absolute atomic E-state index is 0.0448. The molecule has 0 aliphatic heterocycles. The number of hydrogen-bond donors (Lipinski definition) is 16. The van der Waals surface area contributed by atoms with E-state index in [0.29, 0.717) is 22.7 Å². The van der Waals surface area contributed by atoms with Gasteiger partial charge in [0.25, 0.3) is 0 Å². The number of benzene rings is 8. The number of fused-ring (bicyclic) bond motifs is 8. The second kappa shape index (κ2) is 30.2. The number of carbonyl (C=O) groups excluding carboxylic acids is 4. The van der Waals surface area contributed by atoms with Crippen LogP contribution >= 0.6 is 0 Å². The molecule has 20 heteroatoms. The van der Waals surface area contributed by atoms with Gasteiger partial charge in [0.15, 0.2) is 0 Å². The summed E-state index contributed by atoms with van der Waals surface area (Å²) in [5.41, 5.74) is 4.22. The molecule has 8 aromatic carbocycles. The average molecular weight is 1250 g/mol. The van der Waals surface area contributed by atoms with Crippen LogP contribution in [0, 0.1) is 27.7 Å². The molecule has 8 aromatic rings. The smallest absolute Gasteiger partial charge is 0.319 e. The molecule has 0 fully saturated rings. The van der Waals surface area contributed by atoms with E-state index in [4.69, 9.17) is 0 Å². The third kappa shape index (κ3) is 15.4. The topological polar surface area (TPSA) is 326 Å². The molecule has 8 amide bonds. The molecule has 1 aliphatic rings. The number of phenolic OH excluding ortho intramolecular Hbond substituents is 8. The average Bonchev–Trinajstić information content (AvgIpc) is 0.749. The van der Waals surface area contributed by atoms with Gasteiger partial charge in [0.05, 0.1) is 0 Å². The molecule has 0 spiro atoms. The largest absolute Gasteiger partial charge is 0.507 e. The van der Waals surface area contributed by atoms with E-state index in [9.17, 15) is 60.0 Å². The van der Waals surface area contributed by atoms with Crippen LogP contribution in [0.5, 0.6) is 46.0 Å². The second-order valence-corrected chi connectivity index (χ2v) is 23.3. The van der Waals surface area contributed by atoms with Crippen molar-refractivity contribution in [2.75, 3.05) is 47.4 Å². The number of nitrogens with one attached hydrogen (secondary N) is 8. The fourth-order valence-electron chi connectivity index (χ4n) is 12.3. The molecule has 0 atom stereocenters. The Balaban J connectivity index is 1.22. The Morgan fingerprint density at radius 1 is 0.283 bits per heavy atom. The zero-order valence-corrected chi connectivity index (χ0v) is 51.9. The summed E-state index contributed by atoms with van der Waals surface area (Å²) in [6, 6.07) is 40.1. The quantitative estimate of drug-likeness (QED) is 0.0317. The Morgan fingerprint density at radius 2 is 0.446 bits per heavy atom. The van der Waals surface area contributed by atoms with Crippen LogP contribution in [-0.4, -0.2) is 91.2 Å². The lowest BCUT2D eigenvalue weighted by Crippen LogP contribution is -2.29. The first-order chi connectivity index (χ1) is 44.3. The van der Waals surface area contributed by atoms with Crippen molar-refractivity contribution < 1.29 is 60.0 Å². The van der Waals surface area contributed by atoms with Gasteiger partial charge in [-0.1, -0.05) is 72.8 Å². The maximum atomic E-state index is 13.3. The standard InChI is InChI=1S/C72H80N8O12/c1-41-61(81)53-37-54(62(41)82)50(30-18-34-74-70(90)78-46-23-11-6-12-24-46)56-39-58(66(86)43(3)64(56)84)52(32-20-36-76-72(92)80-48-27-15-8-16-28-48)60-40-59(67(87)44(4)68(60)88)51(31-19-35-75-71(91)79-47-25-13-7-14-26-47)57-38-55(63(83)42(2)65(57)85)49(53)29-17-33-73-69(89)77-45-21-9-5-10-22-45/h5-16,21-28,37-40,49-52,81-88H,17-20,29-36H2,1-4H3,(H2,73,77,89)(H2,74,78,90)(H2,75,79,91)(H2,76,80,92). The predicted octanol–water partition coefficient (Wildman–Crippen LogP) is 13.8. The van der Waals surface area contributed by atoms with Crippen molar-refractivity contribution in [3.05, 3.63) is 212 Å². The van der Waals surface area contributed by atoms with Gasteiger partial charge in [-0.3, -0.25) is 0 Å². The highest BCUT2D eigenvalue weighted by Gasteiger charge is 2.36. The Bertz CT molecular complexity index is 3310. The van der Waals surface area contributed by atoms with Crippen LogP contribution in [0.15, 0.2) is 146 Å². The summed E-state index contributed by atoms with van der Waals surface area (Å²) in [6.45, 7) is 6.56. The van der Waals surface area contributed by atoms with Gasteiger partial charge in [0.1, 0.15) is 46.0 Å². The molecule has 1 aliphatic carbocycles. The SMILES string of the molecule is Cc1c(O)c2cc(c1O)C(CCCNC(=O)Nc1ccccc1)c1cc(c(O)c(C)c1O)C(CCCNC(=O)Nc1ccccc1)c1cc(c(O)c(C)c1O)C(CCCNC(=O)Nc1ccccc1)c1cc(c(O)c(C)c1O)C2CCCNC(=O)Nc1ccccc1. The first-order valence-corrected chi connectivity index (χ1v) is 30.9. The Kier molecular flexibility index (Phi) is 21.5. The Morgan fingerprint density at radius 3 is 0.609 bits per heavy atom. The van der Waals surface area contributed by atoms with Gasteiger partial charge in [0, 0.05) is 139 Å². The van der Waals surface area contributed by atoms with Gasteiger partial charge in [-0.05, 0) is 152 Å². The number of hydrogen-bond acceptors (Lipinski definition) is 12. The molecule has 0 unspecified atom stereocenters. The first-order valence-electron chi connectivity index (χ1n) is 30.9. The van der Waals surface area contributed by atoms with Gasteiger partial charge in [-0.25, -0.2) is 19.2 Å². The third-order valence-corrected chi connectivity index (χ3v) is 17.2. The van der Waals surface area contributed by atoms with E-state index in [1.165, 1.54) is 27.7 Å². The molecule has 0 saturated carbocycles. The van der Waals surface area contributed by atoms with E-state index >= 15 is 0 Å². The molecule has 0 radical (unpaired) electrons. The Labute approximate surface area is 534 Å². The zero-order valence-electron chi connectivity index (χ0n) is 51.9. The molecule has 8 bridgehead atoms. The highest BCUT2D eigenvalue weighted by molar-refractivity contribution is 5.91. The molecule has 20 nitrogen and oxygen atoms in total. The van der Waals surface area contributed by atoms with Crippen LogP contribution in [-0.2, 0) is 0 Å². The van der Waals surface area contributed by atoms with Crippen molar-refractivity contribution in [2.24, 2.45) is 0 Å². The highest BCUT2D eigenvalue weighted by Crippen LogP contribution is 2.55. The summed E-state index contributed by atoms with van der Waals surface area (Å²) in [4.78, 5) is 53.1. The van der Waals surface area contributed by atoms with Crippen LogP contribution < -0.4 is 42.5 Å². The van der Waals surface area contributed by atoms with E-state index in [-0.39, 0.29) is 190 Å². The summed E-state index contributed by atoms with van der Waals surface area (Å²) >= 11 is 0. The zero-order chi connectivity index (χ0) is 65.6. The number of rotatable bonds is 20. The van der Waals surface area contributed by atoms with E-state index in [2.05, 4.69) is 42.5 Å². The summed E-state index contributed by atoms with van der Waals surface area (Å²) < 4.78 is 0. The van der Waals surface area contributed by atoms with Crippen LogP contribution in [0.1, 0.15) is 142 Å². The maximum absolute atomic E-state index is 13.3. The van der Waals surface area contributed by atoms with Crippen LogP contribution in [0.25, 0.3) is 0 Å². The van der Waals surface area contributed by atoms with Gasteiger partial charge < -0.3 is 83.4 Å². The second-order valence-electron chi connectivity index (χ2n) is 23.3. The van der Waals surface area contributed by atoms with Crippen molar-refractivity contribution in [3.8, 4) is 46.0 Å². The normalized spacial score (nSPS) is 14.9. The third-order valence-electron chi connectivity index (χ3n) is 17.2. The summed E-state index contributed by atoms with van der Waals surface area (Å²) in [5, 5.41) is 123. The summed E-state index contributed by atoms with van der Waals surface area (Å²) in [5.74, 6) is -6.55. The molecule has 0 heterocycles. The minimum Gasteiger partial charge on any atom is -0.507 e. The fraction of sp³-hybridized carbons (Fsp3) is 0.278. The van der Waals surface area contributed by atoms with E-state index < -0.39 is 47.8 Å². The number of phenols is 8. The predicted molar refractivity (Wildman–Crippen MR) is 356 cm³/mol. The Hall–Kier alpha value is -10.8. The fourth-order valence-corrected chi connectivity index (χ4v) is 12.3. The number of amides is 8. The van der Waals surface area contributed by atoms with Crippen LogP contribution in [0.4, 0.5) is 41.9 Å². The lowest BCUT2D eigenvalue weighted by atomic mass is 9.75. The van der Waals surface area contributed by atoms with Crippen molar-refractivity contribution in [1.29, 1.82) is 0 Å². The van der Waals surface area contributed by atoms with Crippen LogP contribution in [0.3, 0.4) is 0 Å². The maximum Gasteiger partial charge on any atom is 0.319 e. The van der Waals surface area contributed by atoms with Gasteiger partial charge >= 0.3 is 24.1 Å².